The summed E-state index contributed by atoms with van der Waals surface area (Å²) in [4.78, 5) is 12.8. The minimum atomic E-state index is -1.45. The van der Waals surface area contributed by atoms with Crippen molar-refractivity contribution in [3.8, 4) is 0 Å². The highest BCUT2D eigenvalue weighted by Crippen LogP contribution is 2.19. The van der Waals surface area contributed by atoms with Gasteiger partial charge in [0.25, 0.3) is 0 Å². The molecular weight excluding hydrogens is 281 g/mol. The molecule has 0 radical (unpaired) electrons. The number of hydrogen-bond donors (Lipinski definition) is 4. The van der Waals surface area contributed by atoms with Crippen LogP contribution in [0.4, 0.5) is 0 Å². The minimum absolute atomic E-state index is 0.0624. The van der Waals surface area contributed by atoms with Gasteiger partial charge in [-0.2, -0.15) is 0 Å². The predicted octanol–water partition coefficient (Wildman–Crippen LogP) is -0.325. The van der Waals surface area contributed by atoms with E-state index in [1.54, 1.807) is 0 Å². The lowest BCUT2D eigenvalue weighted by Gasteiger charge is -2.31. The van der Waals surface area contributed by atoms with E-state index in [0.717, 1.165) is 4.88 Å². The summed E-state index contributed by atoms with van der Waals surface area (Å²) in [6, 6.07) is 3.77. The maximum atomic E-state index is 11.8. The summed E-state index contributed by atoms with van der Waals surface area (Å²) in [5.41, 5.74) is 0. The van der Waals surface area contributed by atoms with Crippen LogP contribution in [-0.4, -0.2) is 46.6 Å². The van der Waals surface area contributed by atoms with Crippen LogP contribution in [0.15, 0.2) is 17.5 Å². The number of hydrogen-bond acceptors (Lipinski definition) is 6. The Morgan fingerprint density at radius 3 is 2.95 bits per heavy atom. The maximum absolute atomic E-state index is 11.8. The Hall–Kier alpha value is -0.925. The summed E-state index contributed by atoms with van der Waals surface area (Å²) < 4.78 is 5.27. The monoisotopic (exact) mass is 299 g/mol. The molecule has 1 aliphatic rings. The molecule has 2 rings (SSSR count). The summed E-state index contributed by atoms with van der Waals surface area (Å²) in [7, 11) is -1.11. The second-order valence-electron chi connectivity index (χ2n) is 4.87. The summed E-state index contributed by atoms with van der Waals surface area (Å²) >= 11 is 1.51. The van der Waals surface area contributed by atoms with Crippen LogP contribution in [0.1, 0.15) is 24.1 Å². The van der Waals surface area contributed by atoms with Crippen molar-refractivity contribution in [1.29, 1.82) is 0 Å². The maximum Gasteiger partial charge on any atom is 0.478 e. The molecule has 1 aromatic heterocycles. The summed E-state index contributed by atoms with van der Waals surface area (Å²) in [6.07, 6.45) is -0.368. The van der Waals surface area contributed by atoms with Gasteiger partial charge in [-0.15, -0.1) is 11.3 Å². The largest absolute Gasteiger partial charge is 0.478 e. The highest BCUT2D eigenvalue weighted by Gasteiger charge is 2.36. The van der Waals surface area contributed by atoms with Gasteiger partial charge in [-0.1, -0.05) is 6.07 Å². The van der Waals surface area contributed by atoms with Crippen molar-refractivity contribution < 1.29 is 24.7 Å². The number of thiophene rings is 1. The van der Waals surface area contributed by atoms with Gasteiger partial charge in [-0.3, -0.25) is 4.79 Å². The number of aliphatic hydroxyl groups excluding tert-OH is 1. The first kappa shape index (κ1) is 15.5. The zero-order valence-electron chi connectivity index (χ0n) is 10.9. The lowest BCUT2D eigenvalue weighted by Crippen LogP contribution is -2.53. The molecule has 0 aromatic carbocycles. The molecule has 6 nitrogen and oxygen atoms in total. The molecular formula is C12H18BNO5S. The van der Waals surface area contributed by atoms with Crippen molar-refractivity contribution in [2.24, 2.45) is 0 Å². The lowest BCUT2D eigenvalue weighted by atomic mass is 9.72. The van der Waals surface area contributed by atoms with Crippen LogP contribution >= 0.6 is 11.3 Å². The van der Waals surface area contributed by atoms with Crippen LogP contribution in [0.3, 0.4) is 0 Å². The number of nitrogens with one attached hydrogen (secondary N) is 1. The molecule has 0 saturated carbocycles. The second-order valence-corrected chi connectivity index (χ2v) is 5.90. The summed E-state index contributed by atoms with van der Waals surface area (Å²) in [6.45, 7) is 0. The molecule has 8 heteroatoms. The Kier molecular flexibility index (Phi) is 5.56. The highest BCUT2D eigenvalue weighted by atomic mass is 32.1. The van der Waals surface area contributed by atoms with Crippen molar-refractivity contribution >= 4 is 24.4 Å². The Bertz CT molecular complexity index is 427. The summed E-state index contributed by atoms with van der Waals surface area (Å²) in [5.74, 6) is -0.602. The third kappa shape index (κ3) is 4.57. The zero-order chi connectivity index (χ0) is 14.5. The molecule has 2 heterocycles. The van der Waals surface area contributed by atoms with Crippen molar-refractivity contribution in [3.05, 3.63) is 22.4 Å². The van der Waals surface area contributed by atoms with Gasteiger partial charge in [-0.25, -0.2) is 0 Å². The number of carbonyl (C=O) groups excluding carboxylic acids is 1. The van der Waals surface area contributed by atoms with Gasteiger partial charge in [0.2, 0.25) is 5.91 Å². The third-order valence-corrected chi connectivity index (χ3v) is 4.09. The van der Waals surface area contributed by atoms with E-state index >= 15 is 0 Å². The van der Waals surface area contributed by atoms with E-state index in [4.69, 9.17) is 14.9 Å². The molecule has 0 unspecified atom stereocenters. The molecule has 1 fully saturated rings. The molecule has 2 atom stereocenters. The molecule has 1 saturated heterocycles. The molecule has 0 aliphatic carbocycles. The Labute approximate surface area is 121 Å². The number of amides is 1. The van der Waals surface area contributed by atoms with Crippen LogP contribution in [-0.2, 0) is 15.9 Å². The van der Waals surface area contributed by atoms with Crippen LogP contribution in [0.5, 0.6) is 0 Å². The van der Waals surface area contributed by atoms with Gasteiger partial charge in [0.15, 0.2) is 6.29 Å². The van der Waals surface area contributed by atoms with E-state index in [9.17, 15) is 9.82 Å². The van der Waals surface area contributed by atoms with Gasteiger partial charge in [0, 0.05) is 17.4 Å². The highest BCUT2D eigenvalue weighted by molar-refractivity contribution is 7.10. The fourth-order valence-corrected chi connectivity index (χ4v) is 2.95. The van der Waals surface area contributed by atoms with Crippen LogP contribution < -0.4 is 5.32 Å². The Balaban J connectivity index is 1.78. The van der Waals surface area contributed by atoms with E-state index in [0.29, 0.717) is 19.3 Å². The summed E-state index contributed by atoms with van der Waals surface area (Å²) in [5, 5.41) is 32.2. The number of aliphatic hydroxyl groups is 2. The fraction of sp³-hybridized carbons (Fsp3) is 0.583. The standard InChI is InChI=1S/C12H18BNO5S/c15-11(7-9-2-1-5-20-9)14-10-4-3-8(6-12(16)17)19-13(10)18/h1-2,5,8,10,12,16-18H,3-4,6-7H2,(H,14,15)/t8-,10-/m0/s1. The van der Waals surface area contributed by atoms with Gasteiger partial charge in [0.1, 0.15) is 0 Å². The normalized spacial score (nSPS) is 23.1. The van der Waals surface area contributed by atoms with E-state index in [1.165, 1.54) is 11.3 Å². The molecule has 4 N–H and O–H groups in total. The van der Waals surface area contributed by atoms with Crippen molar-refractivity contribution in [1.82, 2.24) is 5.32 Å². The first-order chi connectivity index (χ1) is 9.54. The SMILES string of the molecule is O=C(Cc1cccs1)N[C@H]1CC[C@@H](CC(O)O)OB1O. The van der Waals surface area contributed by atoms with Crippen molar-refractivity contribution in [3.63, 3.8) is 0 Å². The van der Waals surface area contributed by atoms with Gasteiger partial charge in [-0.05, 0) is 24.3 Å². The van der Waals surface area contributed by atoms with E-state index in [1.807, 2.05) is 17.5 Å². The van der Waals surface area contributed by atoms with Crippen LogP contribution in [0.2, 0.25) is 0 Å². The van der Waals surface area contributed by atoms with Crippen molar-refractivity contribution in [2.75, 3.05) is 0 Å². The molecule has 20 heavy (non-hydrogen) atoms. The van der Waals surface area contributed by atoms with Gasteiger partial charge < -0.3 is 25.2 Å². The van der Waals surface area contributed by atoms with E-state index in [-0.39, 0.29) is 12.3 Å². The first-order valence-corrected chi connectivity index (χ1v) is 7.44. The van der Waals surface area contributed by atoms with Crippen molar-refractivity contribution in [2.45, 2.75) is 44.0 Å². The molecule has 0 spiro atoms. The quantitative estimate of drug-likeness (QED) is 0.441. The molecule has 110 valence electrons. The number of rotatable bonds is 5. The first-order valence-electron chi connectivity index (χ1n) is 6.56. The fourth-order valence-electron chi connectivity index (χ4n) is 2.25. The average molecular weight is 299 g/mol. The van der Waals surface area contributed by atoms with Gasteiger partial charge >= 0.3 is 7.12 Å². The van der Waals surface area contributed by atoms with E-state index in [2.05, 4.69) is 5.32 Å². The number of carbonyl (C=O) groups is 1. The Morgan fingerprint density at radius 2 is 2.35 bits per heavy atom. The Morgan fingerprint density at radius 1 is 1.55 bits per heavy atom. The minimum Gasteiger partial charge on any atom is -0.426 e. The molecule has 1 aromatic rings. The lowest BCUT2D eigenvalue weighted by molar-refractivity contribution is -0.121. The topological polar surface area (TPSA) is 99.0 Å². The zero-order valence-corrected chi connectivity index (χ0v) is 11.8. The van der Waals surface area contributed by atoms with E-state index < -0.39 is 25.5 Å². The van der Waals surface area contributed by atoms with Gasteiger partial charge in [0.05, 0.1) is 12.4 Å². The van der Waals surface area contributed by atoms with Crippen LogP contribution in [0, 0.1) is 0 Å². The average Bonchev–Trinajstić information content (AvgIpc) is 2.84. The van der Waals surface area contributed by atoms with Crippen LogP contribution in [0.25, 0.3) is 0 Å². The third-order valence-electron chi connectivity index (χ3n) is 3.21. The molecule has 1 amide bonds. The predicted molar refractivity (Wildman–Crippen MR) is 74.9 cm³/mol. The smallest absolute Gasteiger partial charge is 0.426 e. The molecule has 1 aliphatic heterocycles. The second kappa shape index (κ2) is 7.19. The molecule has 0 bridgehead atoms.